The summed E-state index contributed by atoms with van der Waals surface area (Å²) >= 11 is 0. The lowest BCUT2D eigenvalue weighted by Crippen LogP contribution is -2.33. The van der Waals surface area contributed by atoms with E-state index in [4.69, 9.17) is 4.74 Å². The van der Waals surface area contributed by atoms with Crippen LogP contribution in [0.5, 0.6) is 0 Å². The van der Waals surface area contributed by atoms with Gasteiger partial charge in [-0.2, -0.15) is 0 Å². The summed E-state index contributed by atoms with van der Waals surface area (Å²) < 4.78 is 5.99. The molecule has 1 amide bonds. The molecule has 8 unspecified atom stereocenters. The topological polar surface area (TPSA) is 53.7 Å². The first kappa shape index (κ1) is 23.5. The second kappa shape index (κ2) is 11.5. The highest BCUT2D eigenvalue weighted by Crippen LogP contribution is 2.64. The Bertz CT molecular complexity index is 567. The Morgan fingerprint density at radius 3 is 2.42 bits per heavy atom. The summed E-state index contributed by atoms with van der Waals surface area (Å²) in [6, 6.07) is 0. The summed E-state index contributed by atoms with van der Waals surface area (Å²) in [6.07, 6.45) is 18.6. The largest absolute Gasteiger partial charge is 0.356 e. The van der Waals surface area contributed by atoms with Crippen molar-refractivity contribution >= 4 is 5.91 Å². The second-order valence-corrected chi connectivity index (χ2v) is 11.2. The van der Waals surface area contributed by atoms with Crippen LogP contribution in [0.2, 0.25) is 0 Å². The highest BCUT2D eigenvalue weighted by molar-refractivity contribution is 5.76. The van der Waals surface area contributed by atoms with Crippen molar-refractivity contribution in [1.82, 2.24) is 10.6 Å². The summed E-state index contributed by atoms with van der Waals surface area (Å²) in [6.45, 7) is 6.49. The molecule has 0 aromatic carbocycles. The average molecular weight is 433 g/mol. The molecule has 3 saturated carbocycles. The average Bonchev–Trinajstić information content (AvgIpc) is 3.06. The summed E-state index contributed by atoms with van der Waals surface area (Å²) in [4.78, 5) is 12.6. The predicted octanol–water partition coefficient (Wildman–Crippen LogP) is 5.66. The highest BCUT2D eigenvalue weighted by atomic mass is 16.6. The second-order valence-electron chi connectivity index (χ2n) is 11.2. The van der Waals surface area contributed by atoms with Gasteiger partial charge in [0.1, 0.15) is 6.23 Å². The van der Waals surface area contributed by atoms with E-state index in [-0.39, 0.29) is 0 Å². The van der Waals surface area contributed by atoms with E-state index in [1.807, 2.05) is 0 Å². The van der Waals surface area contributed by atoms with Gasteiger partial charge in [-0.05, 0) is 87.0 Å². The van der Waals surface area contributed by atoms with E-state index in [9.17, 15) is 4.79 Å². The first-order valence-electron chi connectivity index (χ1n) is 13.9. The molecule has 0 radical (unpaired) electrons. The number of unbranched alkanes of at least 4 members (excludes halogenated alkanes) is 6. The summed E-state index contributed by atoms with van der Waals surface area (Å²) in [5.74, 6) is 5.38. The number of rotatable bonds is 15. The third-order valence-corrected chi connectivity index (χ3v) is 9.09. The van der Waals surface area contributed by atoms with Gasteiger partial charge in [-0.1, -0.05) is 52.4 Å². The molecule has 31 heavy (non-hydrogen) atoms. The van der Waals surface area contributed by atoms with E-state index in [1.165, 1.54) is 77.0 Å². The maximum absolute atomic E-state index is 12.6. The monoisotopic (exact) mass is 432 g/mol. The lowest BCUT2D eigenvalue weighted by Gasteiger charge is -2.34. The quantitative estimate of drug-likeness (QED) is 0.259. The van der Waals surface area contributed by atoms with Crippen LogP contribution in [0.1, 0.15) is 104 Å². The van der Waals surface area contributed by atoms with E-state index < -0.39 is 0 Å². The zero-order chi connectivity index (χ0) is 21.6. The minimum Gasteiger partial charge on any atom is -0.356 e. The van der Waals surface area contributed by atoms with Gasteiger partial charge in [0.25, 0.3) is 0 Å². The lowest BCUT2D eigenvalue weighted by atomic mass is 9.71. The molecule has 2 N–H and O–H groups in total. The number of fused-ring (bicyclic) bond motifs is 5. The van der Waals surface area contributed by atoms with Crippen LogP contribution in [0.3, 0.4) is 0 Å². The Labute approximate surface area is 191 Å². The van der Waals surface area contributed by atoms with Gasteiger partial charge in [-0.3, -0.25) is 10.1 Å². The van der Waals surface area contributed by atoms with Crippen molar-refractivity contribution in [3.05, 3.63) is 0 Å². The van der Waals surface area contributed by atoms with Crippen LogP contribution < -0.4 is 10.6 Å². The predicted molar refractivity (Wildman–Crippen MR) is 127 cm³/mol. The van der Waals surface area contributed by atoms with Crippen molar-refractivity contribution in [2.75, 3.05) is 13.1 Å². The van der Waals surface area contributed by atoms with Gasteiger partial charge in [0, 0.05) is 13.0 Å². The molecule has 4 aliphatic rings. The first-order valence-corrected chi connectivity index (χ1v) is 13.9. The zero-order valence-corrected chi connectivity index (χ0v) is 20.2. The molecule has 1 heterocycles. The number of ether oxygens (including phenoxy) is 1. The van der Waals surface area contributed by atoms with Gasteiger partial charge < -0.3 is 10.1 Å². The van der Waals surface area contributed by atoms with Gasteiger partial charge in [0.05, 0.1) is 6.10 Å². The molecule has 0 aromatic rings. The number of amides is 1. The van der Waals surface area contributed by atoms with Crippen LogP contribution in [0.4, 0.5) is 0 Å². The van der Waals surface area contributed by atoms with Crippen molar-refractivity contribution in [1.29, 1.82) is 0 Å². The molecular formula is C27H48N2O2. The van der Waals surface area contributed by atoms with Gasteiger partial charge in [-0.25, -0.2) is 0 Å². The maximum atomic E-state index is 12.6. The number of nitrogens with one attached hydrogen (secondary N) is 2. The fourth-order valence-electron chi connectivity index (χ4n) is 7.58. The minimum atomic E-state index is 0.319. The first-order chi connectivity index (χ1) is 15.2. The fraction of sp³-hybridized carbons (Fsp3) is 0.963. The van der Waals surface area contributed by atoms with Crippen LogP contribution in [0.25, 0.3) is 0 Å². The molecule has 4 heteroatoms. The molecule has 2 bridgehead atoms. The van der Waals surface area contributed by atoms with Gasteiger partial charge in [0.2, 0.25) is 5.91 Å². The lowest BCUT2D eigenvalue weighted by molar-refractivity contribution is -0.122. The molecule has 3 aliphatic carbocycles. The van der Waals surface area contributed by atoms with Crippen molar-refractivity contribution in [2.45, 2.75) is 116 Å². The molecular weight excluding hydrogens is 384 g/mol. The van der Waals surface area contributed by atoms with E-state index in [0.717, 1.165) is 55.5 Å². The molecule has 4 fully saturated rings. The standard InChI is InChI=1S/C27H48N2O2/c1-3-5-7-9-13-28-25(30)18-19-11-12-22-20-15-21(23(16-20)26(19)22)17-24-27(31-24)29-14-10-8-6-4-2/h19-24,26-27,29H,3-18H2,1-2H3,(H,28,30). The van der Waals surface area contributed by atoms with E-state index in [0.29, 0.717) is 24.2 Å². The number of carbonyl (C=O) groups is 1. The minimum absolute atomic E-state index is 0.319. The number of hydrogen-bond donors (Lipinski definition) is 2. The Morgan fingerprint density at radius 2 is 1.65 bits per heavy atom. The van der Waals surface area contributed by atoms with Gasteiger partial charge in [-0.15, -0.1) is 0 Å². The van der Waals surface area contributed by atoms with Crippen LogP contribution in [-0.4, -0.2) is 31.3 Å². The van der Waals surface area contributed by atoms with E-state index in [1.54, 1.807) is 0 Å². The third kappa shape index (κ3) is 6.05. The maximum Gasteiger partial charge on any atom is 0.220 e. The zero-order valence-electron chi connectivity index (χ0n) is 20.2. The smallest absolute Gasteiger partial charge is 0.220 e. The van der Waals surface area contributed by atoms with Crippen molar-refractivity contribution in [3.63, 3.8) is 0 Å². The van der Waals surface area contributed by atoms with Crippen molar-refractivity contribution in [2.24, 2.45) is 35.5 Å². The molecule has 178 valence electrons. The molecule has 1 aliphatic heterocycles. The molecule has 1 saturated heterocycles. The molecule has 4 nitrogen and oxygen atoms in total. The molecule has 0 aromatic heterocycles. The molecule has 0 spiro atoms. The molecule has 8 atom stereocenters. The van der Waals surface area contributed by atoms with Gasteiger partial charge in [0.15, 0.2) is 0 Å². The van der Waals surface area contributed by atoms with Gasteiger partial charge >= 0.3 is 0 Å². The Balaban J connectivity index is 1.17. The third-order valence-electron chi connectivity index (χ3n) is 9.09. The fourth-order valence-corrected chi connectivity index (χ4v) is 7.58. The van der Waals surface area contributed by atoms with Crippen LogP contribution in [-0.2, 0) is 9.53 Å². The van der Waals surface area contributed by atoms with Crippen LogP contribution >= 0.6 is 0 Å². The Hall–Kier alpha value is -0.610. The van der Waals surface area contributed by atoms with Crippen LogP contribution in [0.15, 0.2) is 0 Å². The highest BCUT2D eigenvalue weighted by Gasteiger charge is 2.58. The summed E-state index contributed by atoms with van der Waals surface area (Å²) in [5, 5.41) is 6.84. The SMILES string of the molecule is CCCCCCNC(=O)CC1CCC2C3CC(CC4OC4NCCCCCC)C(C3)C12. The Kier molecular flexibility index (Phi) is 8.73. The van der Waals surface area contributed by atoms with Crippen LogP contribution in [0, 0.1) is 35.5 Å². The van der Waals surface area contributed by atoms with E-state index >= 15 is 0 Å². The molecule has 4 rings (SSSR count). The van der Waals surface area contributed by atoms with E-state index in [2.05, 4.69) is 24.5 Å². The summed E-state index contributed by atoms with van der Waals surface area (Å²) in [7, 11) is 0. The number of hydrogen-bond acceptors (Lipinski definition) is 3. The van der Waals surface area contributed by atoms with Crippen molar-refractivity contribution in [3.8, 4) is 0 Å². The normalized spacial score (nSPS) is 37.9. The number of epoxide rings is 1. The van der Waals surface area contributed by atoms with Crippen molar-refractivity contribution < 1.29 is 9.53 Å². The number of carbonyl (C=O) groups excluding carboxylic acids is 1. The summed E-state index contributed by atoms with van der Waals surface area (Å²) in [5.41, 5.74) is 0. The Morgan fingerprint density at radius 1 is 0.871 bits per heavy atom.